The zero-order valence-electron chi connectivity index (χ0n) is 11.9. The molecule has 0 spiro atoms. The van der Waals surface area contributed by atoms with E-state index in [9.17, 15) is 4.79 Å². The van der Waals surface area contributed by atoms with E-state index in [1.54, 1.807) is 0 Å². The third-order valence-corrected chi connectivity index (χ3v) is 5.43. The Morgan fingerprint density at radius 1 is 1.24 bits per heavy atom. The summed E-state index contributed by atoms with van der Waals surface area (Å²) in [4.78, 5) is 14.4. The van der Waals surface area contributed by atoms with E-state index in [0.717, 1.165) is 31.1 Å². The van der Waals surface area contributed by atoms with Crippen LogP contribution in [0, 0.1) is 0 Å². The van der Waals surface area contributed by atoms with Gasteiger partial charge in [0, 0.05) is 37.3 Å². The number of hydrogen-bond acceptors (Lipinski definition) is 3. The van der Waals surface area contributed by atoms with E-state index >= 15 is 0 Å². The maximum Gasteiger partial charge on any atom is 0.240 e. The number of carbonyl (C=O) groups excluding carboxylic acids is 1. The maximum absolute atomic E-state index is 12.4. The van der Waals surface area contributed by atoms with Gasteiger partial charge in [-0.05, 0) is 17.2 Å². The van der Waals surface area contributed by atoms with Crippen LogP contribution in [0.3, 0.4) is 0 Å². The van der Waals surface area contributed by atoms with Crippen molar-refractivity contribution in [1.82, 2.24) is 14.8 Å². The van der Waals surface area contributed by atoms with Crippen molar-refractivity contribution in [3.8, 4) is 0 Å². The van der Waals surface area contributed by atoms with Gasteiger partial charge in [-0.1, -0.05) is 24.3 Å². The van der Waals surface area contributed by atoms with E-state index in [0.29, 0.717) is 6.04 Å². The van der Waals surface area contributed by atoms with Crippen molar-refractivity contribution in [1.29, 1.82) is 0 Å². The van der Waals surface area contributed by atoms with Gasteiger partial charge < -0.3 is 14.8 Å². The highest BCUT2D eigenvalue weighted by molar-refractivity contribution is 7.99. The molecule has 2 aliphatic rings. The first-order chi connectivity index (χ1) is 10.3. The highest BCUT2D eigenvalue weighted by Crippen LogP contribution is 2.26. The molecule has 21 heavy (non-hydrogen) atoms. The molecule has 4 nitrogen and oxygen atoms in total. The number of hydrogen-bond donors (Lipinski definition) is 1. The van der Waals surface area contributed by atoms with Crippen molar-refractivity contribution in [2.75, 3.05) is 24.7 Å². The topological polar surface area (TPSA) is 37.3 Å². The van der Waals surface area contributed by atoms with Gasteiger partial charge in [0.25, 0.3) is 0 Å². The number of benzene rings is 1. The third kappa shape index (κ3) is 2.45. The molecule has 2 saturated heterocycles. The Kier molecular flexibility index (Phi) is 3.39. The predicted octanol–water partition coefficient (Wildman–Crippen LogP) is 2.08. The minimum Gasteiger partial charge on any atom is -0.349 e. The van der Waals surface area contributed by atoms with Gasteiger partial charge in [-0.25, -0.2) is 0 Å². The van der Waals surface area contributed by atoms with Crippen LogP contribution in [-0.4, -0.2) is 46.1 Å². The number of nitrogens with one attached hydrogen (secondary N) is 1. The molecule has 2 atom stereocenters. The second kappa shape index (κ2) is 5.39. The standard InChI is InChI=1S/C16H19N3OS/c20-16(18-5-6-21-11-18)15-7-14(8-17-15)19-9-12-3-1-2-4-13(12)10-19/h1-4,9-10,14-15,17H,5-8,11H2/t14-,15-/m0/s1. The lowest BCUT2D eigenvalue weighted by Gasteiger charge is -2.19. The summed E-state index contributed by atoms with van der Waals surface area (Å²) in [7, 11) is 0. The van der Waals surface area contributed by atoms with Crippen molar-refractivity contribution in [2.24, 2.45) is 0 Å². The number of rotatable bonds is 2. The highest BCUT2D eigenvalue weighted by atomic mass is 32.2. The molecule has 0 aliphatic carbocycles. The lowest BCUT2D eigenvalue weighted by Crippen LogP contribution is -2.42. The molecular weight excluding hydrogens is 282 g/mol. The van der Waals surface area contributed by atoms with E-state index in [-0.39, 0.29) is 11.9 Å². The van der Waals surface area contributed by atoms with Crippen LogP contribution in [0.1, 0.15) is 12.5 Å². The molecule has 1 aromatic heterocycles. The minimum atomic E-state index is -0.0146. The summed E-state index contributed by atoms with van der Waals surface area (Å²) in [6.07, 6.45) is 5.28. The molecule has 4 rings (SSSR count). The zero-order chi connectivity index (χ0) is 14.2. The van der Waals surface area contributed by atoms with Gasteiger partial charge >= 0.3 is 0 Å². The fourth-order valence-corrected chi connectivity index (χ4v) is 4.21. The van der Waals surface area contributed by atoms with Crippen LogP contribution in [0.25, 0.3) is 10.8 Å². The average Bonchev–Trinajstić information content (AvgIpc) is 3.24. The summed E-state index contributed by atoms with van der Waals surface area (Å²) in [5, 5.41) is 5.94. The minimum absolute atomic E-state index is 0.0146. The van der Waals surface area contributed by atoms with Gasteiger partial charge in [-0.15, -0.1) is 11.8 Å². The molecule has 1 aromatic carbocycles. The number of amides is 1. The predicted molar refractivity (Wildman–Crippen MR) is 86.4 cm³/mol. The molecule has 1 amide bonds. The van der Waals surface area contributed by atoms with Gasteiger partial charge in [0.2, 0.25) is 5.91 Å². The van der Waals surface area contributed by atoms with Crippen molar-refractivity contribution in [2.45, 2.75) is 18.5 Å². The van der Waals surface area contributed by atoms with Crippen LogP contribution < -0.4 is 5.32 Å². The first-order valence-electron chi connectivity index (χ1n) is 7.47. The molecule has 2 fully saturated rings. The highest BCUT2D eigenvalue weighted by Gasteiger charge is 2.33. The molecule has 5 heteroatoms. The number of fused-ring (bicyclic) bond motifs is 1. The van der Waals surface area contributed by atoms with Gasteiger partial charge in [-0.2, -0.15) is 0 Å². The van der Waals surface area contributed by atoms with E-state index < -0.39 is 0 Å². The lowest BCUT2D eigenvalue weighted by atomic mass is 10.1. The van der Waals surface area contributed by atoms with Crippen LogP contribution >= 0.6 is 11.8 Å². The Labute approximate surface area is 128 Å². The number of thioether (sulfide) groups is 1. The summed E-state index contributed by atoms with van der Waals surface area (Å²) in [6.45, 7) is 1.78. The van der Waals surface area contributed by atoms with Gasteiger partial charge in [-0.3, -0.25) is 4.79 Å². The second-order valence-corrected chi connectivity index (χ2v) is 6.90. The SMILES string of the molecule is O=C([C@@H]1C[C@H](n2cc3ccccc3c2)CN1)N1CCSC1. The fourth-order valence-electron chi connectivity index (χ4n) is 3.26. The lowest BCUT2D eigenvalue weighted by molar-refractivity contribution is -0.131. The smallest absolute Gasteiger partial charge is 0.240 e. The molecule has 3 heterocycles. The van der Waals surface area contributed by atoms with Crippen molar-refractivity contribution in [3.63, 3.8) is 0 Å². The molecule has 0 radical (unpaired) electrons. The molecule has 1 N–H and O–H groups in total. The molecule has 0 bridgehead atoms. The van der Waals surface area contributed by atoms with Crippen LogP contribution in [0.2, 0.25) is 0 Å². The summed E-state index contributed by atoms with van der Waals surface area (Å²) in [5.41, 5.74) is 0. The third-order valence-electron chi connectivity index (χ3n) is 4.46. The molecule has 2 aromatic rings. The molecule has 110 valence electrons. The van der Waals surface area contributed by atoms with E-state index in [1.807, 2.05) is 16.7 Å². The quantitative estimate of drug-likeness (QED) is 0.923. The fraction of sp³-hybridized carbons (Fsp3) is 0.438. The Morgan fingerprint density at radius 3 is 2.67 bits per heavy atom. The van der Waals surface area contributed by atoms with Crippen molar-refractivity contribution >= 4 is 28.4 Å². The van der Waals surface area contributed by atoms with E-state index in [1.165, 1.54) is 10.8 Å². The molecule has 2 aliphatic heterocycles. The Hall–Kier alpha value is -1.46. The van der Waals surface area contributed by atoms with Gasteiger partial charge in [0.05, 0.1) is 11.9 Å². The van der Waals surface area contributed by atoms with Crippen LogP contribution in [0.4, 0.5) is 0 Å². The van der Waals surface area contributed by atoms with Gasteiger partial charge in [0.15, 0.2) is 0 Å². The van der Waals surface area contributed by atoms with E-state index in [2.05, 4.69) is 46.5 Å². The summed E-state index contributed by atoms with van der Waals surface area (Å²) in [5.74, 6) is 2.21. The monoisotopic (exact) mass is 301 g/mol. The number of nitrogens with zero attached hydrogens (tertiary/aromatic N) is 2. The second-order valence-electron chi connectivity index (χ2n) is 5.82. The number of aromatic nitrogens is 1. The maximum atomic E-state index is 12.4. The Balaban J connectivity index is 1.49. The Morgan fingerprint density at radius 2 is 2.00 bits per heavy atom. The first-order valence-corrected chi connectivity index (χ1v) is 8.63. The molecule has 0 unspecified atom stereocenters. The summed E-state index contributed by atoms with van der Waals surface area (Å²) < 4.78 is 2.27. The van der Waals surface area contributed by atoms with E-state index in [4.69, 9.17) is 0 Å². The summed E-state index contributed by atoms with van der Waals surface area (Å²) in [6, 6.07) is 8.77. The first kappa shape index (κ1) is 13.2. The van der Waals surface area contributed by atoms with Crippen molar-refractivity contribution < 1.29 is 4.79 Å². The molecular formula is C16H19N3OS. The van der Waals surface area contributed by atoms with Crippen LogP contribution in [0.15, 0.2) is 36.7 Å². The normalized spacial score (nSPS) is 25.8. The summed E-state index contributed by atoms with van der Waals surface area (Å²) >= 11 is 1.84. The number of carbonyl (C=O) groups is 1. The van der Waals surface area contributed by atoms with Crippen LogP contribution in [0.5, 0.6) is 0 Å². The Bertz CT molecular complexity index is 629. The largest absolute Gasteiger partial charge is 0.349 e. The van der Waals surface area contributed by atoms with Gasteiger partial charge in [0.1, 0.15) is 0 Å². The van der Waals surface area contributed by atoms with Crippen LogP contribution in [-0.2, 0) is 4.79 Å². The zero-order valence-corrected chi connectivity index (χ0v) is 12.7. The molecule has 0 saturated carbocycles. The van der Waals surface area contributed by atoms with Crippen molar-refractivity contribution in [3.05, 3.63) is 36.7 Å². The average molecular weight is 301 g/mol.